The van der Waals surface area contributed by atoms with Gasteiger partial charge in [0.05, 0.1) is 25.4 Å². The summed E-state index contributed by atoms with van der Waals surface area (Å²) in [7, 11) is 0. The Morgan fingerprint density at radius 3 is 1.58 bits per heavy atom. The van der Waals surface area contributed by atoms with Crippen molar-refractivity contribution >= 4 is 11.9 Å². The molecule has 0 aromatic rings. The van der Waals surface area contributed by atoms with Crippen molar-refractivity contribution in [3.8, 4) is 0 Å². The molecule has 0 aromatic carbocycles. The van der Waals surface area contributed by atoms with Gasteiger partial charge in [-0.2, -0.15) is 0 Å². The van der Waals surface area contributed by atoms with Gasteiger partial charge in [0, 0.05) is 0 Å². The van der Waals surface area contributed by atoms with Gasteiger partial charge < -0.3 is 18.9 Å². The molecule has 0 radical (unpaired) electrons. The molecule has 6 heteroatoms. The summed E-state index contributed by atoms with van der Waals surface area (Å²) in [6, 6.07) is 0. The van der Waals surface area contributed by atoms with E-state index < -0.39 is 17.7 Å². The molecule has 0 saturated carbocycles. The van der Waals surface area contributed by atoms with E-state index in [1.54, 1.807) is 0 Å². The topological polar surface area (TPSA) is 71.1 Å². The van der Waals surface area contributed by atoms with Gasteiger partial charge in [-0.3, -0.25) is 9.59 Å². The average Bonchev–Trinajstić information content (AvgIpc) is 2.86. The maximum absolute atomic E-state index is 11.6. The van der Waals surface area contributed by atoms with Crippen LogP contribution in [0.4, 0.5) is 0 Å². The lowest BCUT2D eigenvalue weighted by Crippen LogP contribution is -2.22. The highest BCUT2D eigenvalue weighted by Crippen LogP contribution is 2.33. The van der Waals surface area contributed by atoms with Gasteiger partial charge in [0.25, 0.3) is 0 Å². The van der Waals surface area contributed by atoms with Crippen LogP contribution in [-0.4, -0.2) is 43.1 Å². The number of esters is 2. The number of ether oxygens (including phenoxy) is 4. The third-order valence-electron chi connectivity index (χ3n) is 4.87. The fraction of sp³-hybridized carbons (Fsp3) is 0.900. The van der Waals surface area contributed by atoms with Crippen LogP contribution in [0.3, 0.4) is 0 Å². The minimum absolute atomic E-state index is 0.172. The Bertz CT molecular complexity index is 410. The molecule has 0 aromatic heterocycles. The van der Waals surface area contributed by atoms with Crippen LogP contribution in [0, 0.1) is 0 Å². The quantitative estimate of drug-likeness (QED) is 0.476. The highest BCUT2D eigenvalue weighted by molar-refractivity contribution is 5.91. The van der Waals surface area contributed by atoms with Crippen molar-refractivity contribution in [2.24, 2.45) is 0 Å². The molecule has 2 rings (SSSR count). The fourth-order valence-corrected chi connectivity index (χ4v) is 3.59. The van der Waals surface area contributed by atoms with Crippen LogP contribution in [0.5, 0.6) is 0 Å². The molecule has 150 valence electrons. The van der Waals surface area contributed by atoms with E-state index in [0.717, 1.165) is 64.2 Å². The summed E-state index contributed by atoms with van der Waals surface area (Å²) >= 11 is 0. The number of cyclic esters (lactones) is 2. The monoisotopic (exact) mass is 370 g/mol. The number of carbonyl (C=O) groups excluding carboxylic acids is 2. The van der Waals surface area contributed by atoms with Crippen molar-refractivity contribution in [3.05, 3.63) is 0 Å². The normalized spacial score (nSPS) is 30.2. The van der Waals surface area contributed by atoms with Gasteiger partial charge in [-0.15, -0.1) is 0 Å². The maximum Gasteiger partial charge on any atom is 0.317 e. The van der Waals surface area contributed by atoms with E-state index in [-0.39, 0.29) is 18.6 Å². The molecule has 2 aliphatic rings. The molecule has 2 saturated heterocycles. The number of fused-ring (bicyclic) bond motifs is 1. The summed E-state index contributed by atoms with van der Waals surface area (Å²) < 4.78 is 22.4. The molecule has 2 atom stereocenters. The summed E-state index contributed by atoms with van der Waals surface area (Å²) in [5.74, 6) is -1.47. The predicted octanol–water partition coefficient (Wildman–Crippen LogP) is 3.90. The maximum atomic E-state index is 11.6. The first-order chi connectivity index (χ1) is 12.5. The summed E-state index contributed by atoms with van der Waals surface area (Å²) in [5, 5.41) is 0. The molecule has 2 fully saturated rings. The Balaban J connectivity index is 1.80. The van der Waals surface area contributed by atoms with Crippen molar-refractivity contribution in [2.45, 2.75) is 102 Å². The summed E-state index contributed by atoms with van der Waals surface area (Å²) in [6.45, 7) is 4.71. The molecule has 6 nitrogen and oxygen atoms in total. The zero-order valence-electron chi connectivity index (χ0n) is 16.3. The summed E-state index contributed by atoms with van der Waals surface area (Å²) in [5.41, 5.74) is 0. The Kier molecular flexibility index (Phi) is 8.85. The van der Waals surface area contributed by atoms with E-state index in [1.165, 1.54) is 0 Å². The van der Waals surface area contributed by atoms with Crippen LogP contribution in [0.25, 0.3) is 0 Å². The fourth-order valence-electron chi connectivity index (χ4n) is 3.59. The van der Waals surface area contributed by atoms with Crippen molar-refractivity contribution in [1.82, 2.24) is 0 Å². The van der Waals surface area contributed by atoms with Gasteiger partial charge in [0.1, 0.15) is 6.42 Å². The largest absolute Gasteiger partial charge is 0.465 e. The van der Waals surface area contributed by atoms with Gasteiger partial charge in [0.2, 0.25) is 0 Å². The average molecular weight is 370 g/mol. The SMILES string of the molecule is CC1(C)O[C@H]2CCCCCCOC(=O)CC(=O)OCCCCCC[C@@H]2O1. The van der Waals surface area contributed by atoms with Gasteiger partial charge in [-0.1, -0.05) is 38.5 Å². The van der Waals surface area contributed by atoms with E-state index in [2.05, 4.69) is 0 Å². The number of hydrogen-bond donors (Lipinski definition) is 0. The first kappa shape index (κ1) is 21.2. The van der Waals surface area contributed by atoms with Crippen molar-refractivity contribution < 1.29 is 28.5 Å². The van der Waals surface area contributed by atoms with E-state index in [4.69, 9.17) is 18.9 Å². The molecular formula is C20H34O6. The molecule has 2 heterocycles. The first-order valence-electron chi connectivity index (χ1n) is 10.1. The second-order valence-corrected chi connectivity index (χ2v) is 7.74. The Labute approximate surface area is 156 Å². The highest BCUT2D eigenvalue weighted by Gasteiger charge is 2.40. The highest BCUT2D eigenvalue weighted by atomic mass is 16.7. The zero-order chi connectivity index (χ0) is 18.8. The zero-order valence-corrected chi connectivity index (χ0v) is 16.3. The number of hydrogen-bond acceptors (Lipinski definition) is 6. The van der Waals surface area contributed by atoms with E-state index in [9.17, 15) is 9.59 Å². The first-order valence-corrected chi connectivity index (χ1v) is 10.1. The minimum atomic E-state index is -0.491. The van der Waals surface area contributed by atoms with Crippen molar-refractivity contribution in [3.63, 3.8) is 0 Å². The van der Waals surface area contributed by atoms with Crippen molar-refractivity contribution in [2.75, 3.05) is 13.2 Å². The van der Waals surface area contributed by atoms with Crippen LogP contribution >= 0.6 is 0 Å². The molecular weight excluding hydrogens is 336 g/mol. The molecule has 0 amide bonds. The third kappa shape index (κ3) is 8.04. The lowest BCUT2D eigenvalue weighted by atomic mass is 10.0. The van der Waals surface area contributed by atoms with Crippen molar-refractivity contribution in [1.29, 1.82) is 0 Å². The molecule has 26 heavy (non-hydrogen) atoms. The second kappa shape index (κ2) is 10.9. The Hall–Kier alpha value is -1.14. The Morgan fingerprint density at radius 1 is 0.692 bits per heavy atom. The lowest BCUT2D eigenvalue weighted by molar-refractivity contribution is -0.154. The molecule has 0 bridgehead atoms. The number of rotatable bonds is 0. The number of carbonyl (C=O) groups is 2. The standard InChI is InChI=1S/C20H34O6/c1-20(2)25-16-11-7-3-5-9-13-23-18(21)15-19(22)24-14-10-6-4-8-12-17(16)26-20/h16-17H,3-15H2,1-2H3/t16-,17-/m0/s1. The van der Waals surface area contributed by atoms with E-state index in [0.29, 0.717) is 13.2 Å². The molecule has 0 N–H and O–H groups in total. The van der Waals surface area contributed by atoms with Gasteiger partial charge >= 0.3 is 11.9 Å². The Morgan fingerprint density at radius 2 is 1.12 bits per heavy atom. The van der Waals surface area contributed by atoms with E-state index >= 15 is 0 Å². The van der Waals surface area contributed by atoms with E-state index in [1.807, 2.05) is 13.8 Å². The molecule has 0 spiro atoms. The van der Waals surface area contributed by atoms with Crippen LogP contribution in [0.2, 0.25) is 0 Å². The third-order valence-corrected chi connectivity index (χ3v) is 4.87. The van der Waals surface area contributed by atoms with Crippen LogP contribution in [0.15, 0.2) is 0 Å². The van der Waals surface area contributed by atoms with Gasteiger partial charge in [0.15, 0.2) is 5.79 Å². The predicted molar refractivity (Wildman–Crippen MR) is 96.5 cm³/mol. The summed E-state index contributed by atoms with van der Waals surface area (Å²) in [6.07, 6.45) is 10.0. The van der Waals surface area contributed by atoms with Crippen LogP contribution < -0.4 is 0 Å². The van der Waals surface area contributed by atoms with Gasteiger partial charge in [-0.05, 0) is 39.5 Å². The molecule has 0 aliphatic carbocycles. The van der Waals surface area contributed by atoms with Crippen LogP contribution in [-0.2, 0) is 28.5 Å². The summed E-state index contributed by atoms with van der Waals surface area (Å²) in [4.78, 5) is 23.1. The van der Waals surface area contributed by atoms with Crippen LogP contribution in [0.1, 0.15) is 84.5 Å². The van der Waals surface area contributed by atoms with Gasteiger partial charge in [-0.25, -0.2) is 0 Å². The molecule has 0 unspecified atom stereocenters. The smallest absolute Gasteiger partial charge is 0.317 e. The minimum Gasteiger partial charge on any atom is -0.465 e. The lowest BCUT2D eigenvalue weighted by Gasteiger charge is -2.16. The second-order valence-electron chi connectivity index (χ2n) is 7.74. The molecule has 2 aliphatic heterocycles.